The molecule has 0 unspecified atom stereocenters. The van der Waals surface area contributed by atoms with Crippen LogP contribution in [0.1, 0.15) is 18.3 Å². The highest BCUT2D eigenvalue weighted by molar-refractivity contribution is 6.31. The van der Waals surface area contributed by atoms with Gasteiger partial charge in [0.25, 0.3) is 0 Å². The molecule has 3 heterocycles. The Labute approximate surface area is 120 Å². The number of rotatable bonds is 3. The highest BCUT2D eigenvalue weighted by Gasteiger charge is 2.15. The zero-order valence-electron chi connectivity index (χ0n) is 11.2. The third-order valence-electron chi connectivity index (χ3n) is 3.24. The second-order valence-corrected chi connectivity index (χ2v) is 4.91. The third kappa shape index (κ3) is 1.92. The molecule has 0 saturated carbocycles. The van der Waals surface area contributed by atoms with Crippen molar-refractivity contribution in [2.45, 2.75) is 26.9 Å². The lowest BCUT2D eigenvalue weighted by Crippen LogP contribution is -2.23. The predicted molar refractivity (Wildman–Crippen MR) is 76.2 cm³/mol. The van der Waals surface area contributed by atoms with Gasteiger partial charge in [0.2, 0.25) is 0 Å². The first-order valence-electron chi connectivity index (χ1n) is 6.37. The van der Waals surface area contributed by atoms with Crippen molar-refractivity contribution in [2.75, 3.05) is 0 Å². The van der Waals surface area contributed by atoms with Crippen LogP contribution in [0.25, 0.3) is 5.65 Å². The van der Waals surface area contributed by atoms with Crippen LogP contribution in [0.5, 0.6) is 0 Å². The highest BCUT2D eigenvalue weighted by Crippen LogP contribution is 2.20. The van der Waals surface area contributed by atoms with Crippen LogP contribution in [-0.4, -0.2) is 24.0 Å². The SMILES string of the molecule is CCn1nc(C)c(Cl)c1Cn1nc2ccccn2c1=O. The Balaban J connectivity index is 2.10. The lowest BCUT2D eigenvalue weighted by molar-refractivity contribution is 0.566. The summed E-state index contributed by atoms with van der Waals surface area (Å²) in [4.78, 5) is 12.2. The minimum Gasteiger partial charge on any atom is -0.266 e. The van der Waals surface area contributed by atoms with Gasteiger partial charge in [-0.05, 0) is 26.0 Å². The molecular formula is C13H14ClN5O. The van der Waals surface area contributed by atoms with Gasteiger partial charge in [0.1, 0.15) is 0 Å². The molecule has 3 aromatic rings. The second-order valence-electron chi connectivity index (χ2n) is 4.53. The van der Waals surface area contributed by atoms with Gasteiger partial charge in [-0.2, -0.15) is 5.10 Å². The number of nitrogens with zero attached hydrogens (tertiary/aromatic N) is 5. The fourth-order valence-electron chi connectivity index (χ4n) is 2.23. The Hall–Kier alpha value is -2.08. The van der Waals surface area contributed by atoms with Crippen molar-refractivity contribution in [3.8, 4) is 0 Å². The van der Waals surface area contributed by atoms with E-state index in [1.165, 1.54) is 9.08 Å². The zero-order chi connectivity index (χ0) is 14.3. The van der Waals surface area contributed by atoms with Crippen molar-refractivity contribution >= 4 is 17.2 Å². The molecule has 3 aromatic heterocycles. The first kappa shape index (κ1) is 12.9. The smallest absolute Gasteiger partial charge is 0.266 e. The lowest BCUT2D eigenvalue weighted by Gasteiger charge is -2.04. The van der Waals surface area contributed by atoms with Gasteiger partial charge in [0.15, 0.2) is 5.65 Å². The van der Waals surface area contributed by atoms with Crippen LogP contribution in [0.15, 0.2) is 29.2 Å². The monoisotopic (exact) mass is 291 g/mol. The second kappa shape index (κ2) is 4.79. The molecule has 104 valence electrons. The van der Waals surface area contributed by atoms with Crippen LogP contribution < -0.4 is 5.69 Å². The van der Waals surface area contributed by atoms with Crippen molar-refractivity contribution in [3.63, 3.8) is 0 Å². The molecule has 7 heteroatoms. The lowest BCUT2D eigenvalue weighted by atomic mass is 10.3. The van der Waals surface area contributed by atoms with Gasteiger partial charge in [0, 0.05) is 12.7 Å². The Morgan fingerprint density at radius 2 is 2.05 bits per heavy atom. The van der Waals surface area contributed by atoms with E-state index in [1.807, 2.05) is 19.9 Å². The van der Waals surface area contributed by atoms with E-state index in [-0.39, 0.29) is 5.69 Å². The van der Waals surface area contributed by atoms with E-state index in [2.05, 4.69) is 10.2 Å². The van der Waals surface area contributed by atoms with Crippen LogP contribution in [0.2, 0.25) is 5.02 Å². The van der Waals surface area contributed by atoms with Crippen LogP contribution >= 0.6 is 11.6 Å². The molecule has 0 amide bonds. The summed E-state index contributed by atoms with van der Waals surface area (Å²) < 4.78 is 4.71. The van der Waals surface area contributed by atoms with Crippen molar-refractivity contribution < 1.29 is 0 Å². The fourth-order valence-corrected chi connectivity index (χ4v) is 2.43. The minimum absolute atomic E-state index is 0.182. The summed E-state index contributed by atoms with van der Waals surface area (Å²) in [7, 11) is 0. The highest BCUT2D eigenvalue weighted by atomic mass is 35.5. The first-order chi connectivity index (χ1) is 9.61. The number of halogens is 1. The van der Waals surface area contributed by atoms with Gasteiger partial charge in [-0.15, -0.1) is 5.10 Å². The van der Waals surface area contributed by atoms with Crippen molar-refractivity contribution in [3.05, 3.63) is 51.3 Å². The Morgan fingerprint density at radius 3 is 2.75 bits per heavy atom. The van der Waals surface area contributed by atoms with Gasteiger partial charge in [0.05, 0.1) is 23.0 Å². The molecule has 20 heavy (non-hydrogen) atoms. The molecule has 0 aromatic carbocycles. The van der Waals surface area contributed by atoms with Gasteiger partial charge < -0.3 is 0 Å². The predicted octanol–water partition coefficient (Wildman–Crippen LogP) is 1.72. The molecule has 0 N–H and O–H groups in total. The molecule has 0 radical (unpaired) electrons. The molecule has 0 saturated heterocycles. The molecule has 3 rings (SSSR count). The average Bonchev–Trinajstić information content (AvgIpc) is 2.92. The molecule has 0 spiro atoms. The minimum atomic E-state index is -0.182. The fraction of sp³-hybridized carbons (Fsp3) is 0.308. The maximum Gasteiger partial charge on any atom is 0.350 e. The van der Waals surface area contributed by atoms with Gasteiger partial charge >= 0.3 is 5.69 Å². The topological polar surface area (TPSA) is 57.1 Å². The number of pyridine rings is 1. The van der Waals surface area contributed by atoms with E-state index >= 15 is 0 Å². The maximum atomic E-state index is 12.2. The van der Waals surface area contributed by atoms with Gasteiger partial charge in [-0.3, -0.25) is 9.08 Å². The largest absolute Gasteiger partial charge is 0.350 e. The summed E-state index contributed by atoms with van der Waals surface area (Å²) in [5.41, 5.74) is 2.00. The van der Waals surface area contributed by atoms with Crippen molar-refractivity contribution in [1.29, 1.82) is 0 Å². The number of hydrogen-bond acceptors (Lipinski definition) is 3. The summed E-state index contributed by atoms with van der Waals surface area (Å²) in [6.07, 6.45) is 1.70. The number of aryl methyl sites for hydroxylation is 2. The molecule has 0 bridgehead atoms. The molecule has 0 aliphatic rings. The zero-order valence-corrected chi connectivity index (χ0v) is 12.0. The molecular weight excluding hydrogens is 278 g/mol. The van der Waals surface area contributed by atoms with Crippen LogP contribution in [-0.2, 0) is 13.1 Å². The van der Waals surface area contributed by atoms with E-state index in [4.69, 9.17) is 11.6 Å². The van der Waals surface area contributed by atoms with E-state index in [0.717, 1.165) is 11.4 Å². The normalized spacial score (nSPS) is 11.3. The quantitative estimate of drug-likeness (QED) is 0.738. The Kier molecular flexibility index (Phi) is 3.10. The van der Waals surface area contributed by atoms with E-state index in [0.29, 0.717) is 23.8 Å². The molecule has 0 fully saturated rings. The number of fused-ring (bicyclic) bond motifs is 1. The van der Waals surface area contributed by atoms with E-state index in [1.54, 1.807) is 23.0 Å². The summed E-state index contributed by atoms with van der Waals surface area (Å²) >= 11 is 6.26. The first-order valence-corrected chi connectivity index (χ1v) is 6.75. The van der Waals surface area contributed by atoms with E-state index < -0.39 is 0 Å². The Morgan fingerprint density at radius 1 is 1.25 bits per heavy atom. The van der Waals surface area contributed by atoms with Gasteiger partial charge in [-0.25, -0.2) is 9.48 Å². The Bertz CT molecular complexity index is 829. The number of aromatic nitrogens is 5. The van der Waals surface area contributed by atoms with Crippen LogP contribution in [0.4, 0.5) is 0 Å². The van der Waals surface area contributed by atoms with Gasteiger partial charge in [-0.1, -0.05) is 17.7 Å². The van der Waals surface area contributed by atoms with E-state index in [9.17, 15) is 4.79 Å². The van der Waals surface area contributed by atoms with Crippen LogP contribution in [0, 0.1) is 6.92 Å². The maximum absolute atomic E-state index is 12.2. The van der Waals surface area contributed by atoms with Crippen molar-refractivity contribution in [2.24, 2.45) is 0 Å². The standard InChI is InChI=1S/C13H14ClN5O/c1-3-18-10(12(14)9(2)15-18)8-19-13(20)17-7-5-4-6-11(17)16-19/h4-7H,3,8H2,1-2H3. The third-order valence-corrected chi connectivity index (χ3v) is 3.73. The summed E-state index contributed by atoms with van der Waals surface area (Å²) in [6.45, 7) is 4.85. The molecule has 0 aliphatic heterocycles. The summed E-state index contributed by atoms with van der Waals surface area (Å²) in [6, 6.07) is 5.44. The van der Waals surface area contributed by atoms with Crippen molar-refractivity contribution in [1.82, 2.24) is 24.0 Å². The molecule has 0 atom stereocenters. The van der Waals surface area contributed by atoms with Crippen LogP contribution in [0.3, 0.4) is 0 Å². The average molecular weight is 292 g/mol. The molecule has 0 aliphatic carbocycles. The molecule has 6 nitrogen and oxygen atoms in total. The summed E-state index contributed by atoms with van der Waals surface area (Å²) in [5, 5.41) is 9.24. The number of hydrogen-bond donors (Lipinski definition) is 0. The summed E-state index contributed by atoms with van der Waals surface area (Å²) in [5.74, 6) is 0.